The summed E-state index contributed by atoms with van der Waals surface area (Å²) in [7, 11) is 1.77. The first-order valence-corrected chi connectivity index (χ1v) is 7.09. The van der Waals surface area contributed by atoms with Crippen LogP contribution in [0, 0.1) is 5.92 Å². The van der Waals surface area contributed by atoms with Crippen LogP contribution in [0.5, 0.6) is 0 Å². The highest BCUT2D eigenvalue weighted by atomic mass is 15.0. The molecule has 5 heteroatoms. The Bertz CT molecular complexity index is 504. The molecule has 1 heterocycles. The van der Waals surface area contributed by atoms with Crippen LogP contribution in [0.1, 0.15) is 32.1 Å². The van der Waals surface area contributed by atoms with E-state index in [4.69, 9.17) is 11.5 Å². The lowest BCUT2D eigenvalue weighted by Gasteiger charge is -2.24. The van der Waals surface area contributed by atoms with Gasteiger partial charge in [-0.1, -0.05) is 25.8 Å². The number of hydrogen-bond acceptors (Lipinski definition) is 4. The van der Waals surface area contributed by atoms with Crippen LogP contribution in [0.2, 0.25) is 0 Å². The number of amidine groups is 1. The summed E-state index contributed by atoms with van der Waals surface area (Å²) >= 11 is 0. The van der Waals surface area contributed by atoms with Gasteiger partial charge in [0.25, 0.3) is 0 Å². The predicted molar refractivity (Wildman–Crippen MR) is 84.2 cm³/mol. The summed E-state index contributed by atoms with van der Waals surface area (Å²) in [6.45, 7) is 3.62. The second-order valence-electron chi connectivity index (χ2n) is 5.21. The lowest BCUT2D eigenvalue weighted by molar-refractivity contribution is 0.440. The number of nitrogens with one attached hydrogen (secondary N) is 1. The van der Waals surface area contributed by atoms with Crippen LogP contribution in [0.15, 0.2) is 45.9 Å². The van der Waals surface area contributed by atoms with Gasteiger partial charge in [-0.2, -0.15) is 0 Å². The highest BCUT2D eigenvalue weighted by Gasteiger charge is 2.22. The monoisotopic (exact) mass is 273 g/mol. The fourth-order valence-corrected chi connectivity index (χ4v) is 2.65. The molecule has 0 saturated heterocycles. The molecule has 0 radical (unpaired) electrons. The van der Waals surface area contributed by atoms with Gasteiger partial charge >= 0.3 is 0 Å². The van der Waals surface area contributed by atoms with Crippen molar-refractivity contribution in [1.82, 2.24) is 5.32 Å². The van der Waals surface area contributed by atoms with E-state index < -0.39 is 0 Å². The molecule has 0 unspecified atom stereocenters. The zero-order valence-electron chi connectivity index (χ0n) is 12.0. The predicted octanol–water partition coefficient (Wildman–Crippen LogP) is 1.80. The molecule has 108 valence electrons. The molecule has 1 fully saturated rings. The average molecular weight is 273 g/mol. The number of aliphatic imine (C=N–C) groups is 2. The molecule has 5 nitrogen and oxygen atoms in total. The molecule has 0 bridgehead atoms. The highest BCUT2D eigenvalue weighted by molar-refractivity contribution is 6.16. The van der Waals surface area contributed by atoms with Crippen molar-refractivity contribution in [3.63, 3.8) is 0 Å². The summed E-state index contributed by atoms with van der Waals surface area (Å²) in [5.41, 5.74) is 13.4. The standard InChI is InChI=1S/C15H23N5/c1-10(16)19-15-12(14(17)18-2)8-9-13(20-15)11-6-4-3-5-7-11/h8-9,11,18H,1,3-7,16-17H2,2H3/b14-12+,19-15+. The zero-order chi connectivity index (χ0) is 14.5. The molecule has 1 aliphatic heterocycles. The average Bonchev–Trinajstić information content (AvgIpc) is 2.46. The molecular weight excluding hydrogens is 250 g/mol. The number of dihydropyridines is 1. The molecule has 0 aromatic heterocycles. The maximum atomic E-state index is 5.93. The minimum absolute atomic E-state index is 0.239. The van der Waals surface area contributed by atoms with Crippen molar-refractivity contribution in [3.8, 4) is 0 Å². The second kappa shape index (κ2) is 6.41. The van der Waals surface area contributed by atoms with E-state index in [1.54, 1.807) is 7.05 Å². The normalized spacial score (nSPS) is 24.4. The quantitative estimate of drug-likeness (QED) is 0.732. The molecular formula is C15H23N5. The summed E-state index contributed by atoms with van der Waals surface area (Å²) in [5.74, 6) is 1.84. The van der Waals surface area contributed by atoms with Gasteiger partial charge in [-0.25, -0.2) is 9.98 Å². The number of nitrogens with zero attached hydrogens (tertiary/aromatic N) is 2. The van der Waals surface area contributed by atoms with Crippen LogP contribution in [-0.4, -0.2) is 18.6 Å². The number of allylic oxidation sites excluding steroid dienone is 1. The fraction of sp³-hybridized carbons (Fsp3) is 0.467. The number of rotatable bonds is 3. The van der Waals surface area contributed by atoms with E-state index in [0.717, 1.165) is 11.3 Å². The third kappa shape index (κ3) is 3.29. The first kappa shape index (κ1) is 14.4. The first-order valence-electron chi connectivity index (χ1n) is 7.09. The summed E-state index contributed by atoms with van der Waals surface area (Å²) in [6, 6.07) is 0. The van der Waals surface area contributed by atoms with Gasteiger partial charge in [0.1, 0.15) is 11.6 Å². The fourth-order valence-electron chi connectivity index (χ4n) is 2.65. The summed E-state index contributed by atoms with van der Waals surface area (Å²) < 4.78 is 0. The van der Waals surface area contributed by atoms with Gasteiger partial charge in [0.05, 0.1) is 5.57 Å². The Labute approximate surface area is 120 Å². The Kier molecular flexibility index (Phi) is 4.61. The first-order chi connectivity index (χ1) is 9.61. The molecule has 0 amide bonds. The smallest absolute Gasteiger partial charge is 0.165 e. The number of nitrogens with two attached hydrogens (primary N) is 2. The topological polar surface area (TPSA) is 88.8 Å². The van der Waals surface area contributed by atoms with Crippen LogP contribution in [0.25, 0.3) is 0 Å². The van der Waals surface area contributed by atoms with Crippen molar-refractivity contribution in [3.05, 3.63) is 35.9 Å². The van der Waals surface area contributed by atoms with Crippen molar-refractivity contribution in [2.45, 2.75) is 32.1 Å². The minimum Gasteiger partial charge on any atom is -0.385 e. The molecule has 0 aromatic rings. The maximum Gasteiger partial charge on any atom is 0.165 e. The molecule has 0 atom stereocenters. The van der Waals surface area contributed by atoms with Gasteiger partial charge in [-0.15, -0.1) is 0 Å². The lowest BCUT2D eigenvalue weighted by atomic mass is 9.84. The lowest BCUT2D eigenvalue weighted by Crippen LogP contribution is -2.25. The van der Waals surface area contributed by atoms with E-state index in [0.29, 0.717) is 17.6 Å². The van der Waals surface area contributed by atoms with Gasteiger partial charge < -0.3 is 16.8 Å². The van der Waals surface area contributed by atoms with Gasteiger partial charge in [-0.05, 0) is 25.0 Å². The van der Waals surface area contributed by atoms with Gasteiger partial charge in [-0.3, -0.25) is 0 Å². The summed E-state index contributed by atoms with van der Waals surface area (Å²) in [6.07, 6.45) is 10.3. The van der Waals surface area contributed by atoms with E-state index in [9.17, 15) is 0 Å². The minimum atomic E-state index is 0.239. The van der Waals surface area contributed by atoms with Crippen molar-refractivity contribution >= 4 is 11.5 Å². The van der Waals surface area contributed by atoms with Crippen LogP contribution < -0.4 is 16.8 Å². The molecule has 20 heavy (non-hydrogen) atoms. The molecule has 1 saturated carbocycles. The van der Waals surface area contributed by atoms with Gasteiger partial charge in [0, 0.05) is 18.7 Å². The van der Waals surface area contributed by atoms with Crippen LogP contribution in [-0.2, 0) is 0 Å². The van der Waals surface area contributed by atoms with E-state index in [1.165, 1.54) is 32.1 Å². The summed E-state index contributed by atoms with van der Waals surface area (Å²) in [4.78, 5) is 8.87. The van der Waals surface area contributed by atoms with Crippen LogP contribution in [0.3, 0.4) is 0 Å². The molecule has 1 aliphatic carbocycles. The SMILES string of the molecule is C=C(N)/N=C1/N=C(C2CCCCC2)C=C/C1=C(/N)NC. The summed E-state index contributed by atoms with van der Waals surface area (Å²) in [5, 5.41) is 2.92. The molecule has 0 aromatic carbocycles. The Morgan fingerprint density at radius 3 is 2.60 bits per heavy atom. The van der Waals surface area contributed by atoms with E-state index in [2.05, 4.69) is 21.9 Å². The van der Waals surface area contributed by atoms with E-state index >= 15 is 0 Å². The largest absolute Gasteiger partial charge is 0.385 e. The van der Waals surface area contributed by atoms with Gasteiger partial charge in [0.15, 0.2) is 5.84 Å². The highest BCUT2D eigenvalue weighted by Crippen LogP contribution is 2.27. The Morgan fingerprint density at radius 1 is 1.30 bits per heavy atom. The molecule has 2 aliphatic rings. The third-order valence-electron chi connectivity index (χ3n) is 3.73. The van der Waals surface area contributed by atoms with Crippen LogP contribution >= 0.6 is 0 Å². The molecule has 5 N–H and O–H groups in total. The molecule has 2 rings (SSSR count). The third-order valence-corrected chi connectivity index (χ3v) is 3.73. The van der Waals surface area contributed by atoms with Crippen molar-refractivity contribution in [1.29, 1.82) is 0 Å². The van der Waals surface area contributed by atoms with Crippen LogP contribution in [0.4, 0.5) is 0 Å². The van der Waals surface area contributed by atoms with Gasteiger partial charge in [0.2, 0.25) is 0 Å². The second-order valence-corrected chi connectivity index (χ2v) is 5.21. The maximum absolute atomic E-state index is 5.93. The van der Waals surface area contributed by atoms with Crippen molar-refractivity contribution in [2.24, 2.45) is 27.4 Å². The van der Waals surface area contributed by atoms with Crippen molar-refractivity contribution < 1.29 is 0 Å². The van der Waals surface area contributed by atoms with E-state index in [1.807, 2.05) is 12.2 Å². The van der Waals surface area contributed by atoms with Crippen molar-refractivity contribution in [2.75, 3.05) is 7.05 Å². The zero-order valence-corrected chi connectivity index (χ0v) is 12.0. The van der Waals surface area contributed by atoms with E-state index in [-0.39, 0.29) is 5.82 Å². The number of hydrogen-bond donors (Lipinski definition) is 3. The Balaban J connectivity index is 2.32. The molecule has 0 spiro atoms. The Morgan fingerprint density at radius 2 is 2.00 bits per heavy atom. The Hall–Kier alpha value is -2.04.